The molecule has 0 bridgehead atoms. The van der Waals surface area contributed by atoms with E-state index in [-0.39, 0.29) is 5.75 Å². The molecular weight excluding hydrogens is 782 g/mol. The van der Waals surface area contributed by atoms with Gasteiger partial charge in [0.05, 0.1) is 14.3 Å². The molecule has 0 fully saturated rings. The third-order valence-corrected chi connectivity index (χ3v) is 6.44. The van der Waals surface area contributed by atoms with E-state index in [0.717, 1.165) is 0 Å². The maximum atomic E-state index is 10.9. The Balaban J connectivity index is 2.36. The zero-order valence-electron chi connectivity index (χ0n) is 12.2. The number of halogens is 4. The minimum absolute atomic E-state index is 0.207. The maximum Gasteiger partial charge on any atom is 0.323 e. The number of carbonyl (C=O) groups is 1. The molecule has 2 rings (SSSR count). The Kier molecular flexibility index (Phi) is 7.82. The summed E-state index contributed by atoms with van der Waals surface area (Å²) >= 11 is 8.15. The van der Waals surface area contributed by atoms with E-state index < -0.39 is 18.1 Å². The van der Waals surface area contributed by atoms with Crippen molar-refractivity contribution in [3.63, 3.8) is 0 Å². The van der Waals surface area contributed by atoms with Crippen molar-refractivity contribution in [2.75, 3.05) is 0 Å². The summed E-state index contributed by atoms with van der Waals surface area (Å²) in [6.45, 7) is 0. The lowest BCUT2D eigenvalue weighted by Gasteiger charge is -2.18. The Morgan fingerprint density at radius 1 is 1.00 bits per heavy atom. The minimum atomic E-state index is -1.40. The Morgan fingerprint density at radius 2 is 1.48 bits per heavy atom. The fourth-order valence-corrected chi connectivity index (χ4v) is 5.66. The van der Waals surface area contributed by atoms with E-state index >= 15 is 0 Å². The number of hydrogen-bond acceptors (Lipinski definition) is 5. The highest BCUT2D eigenvalue weighted by Crippen LogP contribution is 2.37. The Hall–Kier alpha value is 0.350. The molecular formula is C15H11I4NO5. The topological polar surface area (TPSA) is 113 Å². The van der Waals surface area contributed by atoms with E-state index in [4.69, 9.17) is 15.6 Å². The van der Waals surface area contributed by atoms with Crippen LogP contribution >= 0.6 is 90.4 Å². The van der Waals surface area contributed by atoms with E-state index in [1.54, 1.807) is 24.3 Å². The fourth-order valence-electron chi connectivity index (χ4n) is 1.91. The van der Waals surface area contributed by atoms with Gasteiger partial charge >= 0.3 is 5.97 Å². The molecule has 0 aliphatic carbocycles. The molecule has 0 heterocycles. The van der Waals surface area contributed by atoms with Crippen LogP contribution < -0.4 is 10.5 Å². The Morgan fingerprint density at radius 3 is 1.92 bits per heavy atom. The molecule has 0 spiro atoms. The molecule has 0 saturated heterocycles. The fraction of sp³-hybridized carbons (Fsp3) is 0.133. The maximum absolute atomic E-state index is 10.9. The van der Waals surface area contributed by atoms with E-state index in [1.165, 1.54) is 0 Å². The van der Waals surface area contributed by atoms with Gasteiger partial charge in [-0.3, -0.25) is 4.79 Å². The predicted molar refractivity (Wildman–Crippen MR) is 126 cm³/mol. The van der Waals surface area contributed by atoms with Gasteiger partial charge in [-0.25, -0.2) is 0 Å². The number of aliphatic hydroxyl groups excluding tert-OH is 1. The number of aliphatic carboxylic acids is 1. The molecule has 2 atom stereocenters. The molecule has 0 amide bonds. The van der Waals surface area contributed by atoms with Gasteiger partial charge in [0, 0.05) is 0 Å². The highest BCUT2D eigenvalue weighted by Gasteiger charge is 2.25. The highest BCUT2D eigenvalue weighted by molar-refractivity contribution is 14.1. The summed E-state index contributed by atoms with van der Waals surface area (Å²) in [4.78, 5) is 10.9. The van der Waals surface area contributed by atoms with Crippen LogP contribution in [0.3, 0.4) is 0 Å². The molecule has 6 nitrogen and oxygen atoms in total. The summed E-state index contributed by atoms with van der Waals surface area (Å²) in [7, 11) is 0. The van der Waals surface area contributed by atoms with Crippen LogP contribution in [0.2, 0.25) is 0 Å². The normalized spacial score (nSPS) is 13.4. The van der Waals surface area contributed by atoms with Crippen molar-refractivity contribution in [2.24, 2.45) is 5.73 Å². The number of phenolic OH excluding ortho intramolecular Hbond substituents is 1. The van der Waals surface area contributed by atoms with Crippen molar-refractivity contribution < 1.29 is 24.9 Å². The molecule has 5 N–H and O–H groups in total. The summed E-state index contributed by atoms with van der Waals surface area (Å²) in [5, 5.41) is 28.9. The van der Waals surface area contributed by atoms with Gasteiger partial charge < -0.3 is 25.8 Å². The van der Waals surface area contributed by atoms with Crippen LogP contribution in [-0.2, 0) is 4.79 Å². The number of nitrogens with two attached hydrogens (primary N) is 1. The minimum Gasteiger partial charge on any atom is -0.506 e. The summed E-state index contributed by atoms with van der Waals surface area (Å²) in [5.41, 5.74) is 5.90. The smallest absolute Gasteiger partial charge is 0.323 e. The first-order valence-corrected chi connectivity index (χ1v) is 10.9. The van der Waals surface area contributed by atoms with Crippen molar-refractivity contribution in [3.8, 4) is 17.2 Å². The number of aromatic hydroxyl groups is 1. The number of carboxylic acids is 1. The monoisotopic (exact) mass is 793 g/mol. The van der Waals surface area contributed by atoms with Crippen LogP contribution in [0, 0.1) is 14.3 Å². The van der Waals surface area contributed by atoms with Crippen LogP contribution in [0.25, 0.3) is 0 Å². The Labute approximate surface area is 198 Å². The van der Waals surface area contributed by atoms with Crippen LogP contribution in [0.15, 0.2) is 24.3 Å². The summed E-state index contributed by atoms with van der Waals surface area (Å²) in [6.07, 6.45) is -1.32. The van der Waals surface area contributed by atoms with Crippen molar-refractivity contribution in [2.45, 2.75) is 12.1 Å². The zero-order valence-corrected chi connectivity index (χ0v) is 20.8. The second-order valence-electron chi connectivity index (χ2n) is 4.96. The summed E-state index contributed by atoms with van der Waals surface area (Å²) < 4.78 is 8.68. The van der Waals surface area contributed by atoms with E-state index in [2.05, 4.69) is 45.2 Å². The van der Waals surface area contributed by atoms with Gasteiger partial charge in [-0.2, -0.15) is 0 Å². The molecule has 0 aromatic heterocycles. The highest BCUT2D eigenvalue weighted by atomic mass is 127. The van der Waals surface area contributed by atoms with Gasteiger partial charge in [-0.15, -0.1) is 0 Å². The van der Waals surface area contributed by atoms with Crippen molar-refractivity contribution in [1.82, 2.24) is 0 Å². The first-order valence-electron chi connectivity index (χ1n) is 6.63. The van der Waals surface area contributed by atoms with Gasteiger partial charge in [-0.05, 0) is 120 Å². The van der Waals surface area contributed by atoms with Crippen LogP contribution in [0.4, 0.5) is 0 Å². The predicted octanol–water partition coefficient (Wildman–Crippen LogP) is 4.05. The summed E-state index contributed by atoms with van der Waals surface area (Å²) in [5.74, 6) is 0.0847. The number of ether oxygens (including phenoxy) is 1. The lowest BCUT2D eigenvalue weighted by Crippen LogP contribution is -2.36. The quantitative estimate of drug-likeness (QED) is 0.341. The molecule has 10 heteroatoms. The molecule has 0 aliphatic rings. The van der Waals surface area contributed by atoms with Crippen LogP contribution in [0.1, 0.15) is 11.7 Å². The Bertz CT molecular complexity index is 784. The largest absolute Gasteiger partial charge is 0.506 e. The number of benzene rings is 2. The third-order valence-electron chi connectivity index (χ3n) is 3.20. The average molecular weight is 793 g/mol. The number of rotatable bonds is 5. The third kappa shape index (κ3) is 5.20. The van der Waals surface area contributed by atoms with E-state index in [1.807, 2.05) is 45.2 Å². The molecule has 2 aromatic carbocycles. The first-order chi connectivity index (χ1) is 11.6. The number of aliphatic hydroxyl groups is 1. The van der Waals surface area contributed by atoms with Gasteiger partial charge in [0.2, 0.25) is 0 Å². The van der Waals surface area contributed by atoms with E-state index in [9.17, 15) is 15.0 Å². The van der Waals surface area contributed by atoms with Gasteiger partial charge in [0.1, 0.15) is 23.6 Å². The SMILES string of the molecule is N[C@H](C(=O)O)C(O)c1cc(I)c(Oc2cc(I)c(O)c(I)c2)c(I)c1. The molecule has 0 saturated carbocycles. The first kappa shape index (κ1) is 21.6. The van der Waals surface area contributed by atoms with Crippen molar-refractivity contribution in [3.05, 3.63) is 44.1 Å². The number of phenols is 1. The van der Waals surface area contributed by atoms with Gasteiger partial charge in [0.25, 0.3) is 0 Å². The van der Waals surface area contributed by atoms with E-state index in [0.29, 0.717) is 31.3 Å². The molecule has 0 radical (unpaired) electrons. The molecule has 25 heavy (non-hydrogen) atoms. The second kappa shape index (κ2) is 9.03. The van der Waals surface area contributed by atoms with Crippen molar-refractivity contribution in [1.29, 1.82) is 0 Å². The zero-order chi connectivity index (χ0) is 18.9. The average Bonchev–Trinajstić information content (AvgIpc) is 2.54. The van der Waals surface area contributed by atoms with Gasteiger partial charge in [0.15, 0.2) is 5.75 Å². The molecule has 0 aliphatic heterocycles. The van der Waals surface area contributed by atoms with Gasteiger partial charge in [-0.1, -0.05) is 0 Å². The van der Waals surface area contributed by atoms with Crippen LogP contribution in [0.5, 0.6) is 17.2 Å². The standard InChI is InChI=1S/C15H11I4NO5/c16-7-3-6(4-8(17)13(7)22)25-14-9(18)1-5(2-10(14)19)12(21)11(20)15(23)24/h1-4,11-12,21-22H,20H2,(H,23,24)/t11-,12?/m0/s1. The van der Waals surface area contributed by atoms with Crippen LogP contribution in [-0.4, -0.2) is 27.3 Å². The lowest BCUT2D eigenvalue weighted by atomic mass is 10.0. The second-order valence-corrected chi connectivity index (χ2v) is 9.61. The lowest BCUT2D eigenvalue weighted by molar-refractivity contribution is -0.141. The molecule has 134 valence electrons. The number of carboxylic acid groups (broad SMARTS) is 1. The summed E-state index contributed by atoms with van der Waals surface area (Å²) in [6, 6.07) is 5.31. The molecule has 2 aromatic rings. The van der Waals surface area contributed by atoms with Crippen molar-refractivity contribution >= 4 is 96.3 Å². The number of hydrogen-bond donors (Lipinski definition) is 4. The molecule has 1 unspecified atom stereocenters.